The van der Waals surface area contributed by atoms with Crippen LogP contribution in [0.4, 0.5) is 0 Å². The van der Waals surface area contributed by atoms with Gasteiger partial charge in [-0.15, -0.1) is 0 Å². The first-order valence-corrected chi connectivity index (χ1v) is 10.3. The number of aromatic nitrogens is 1. The van der Waals surface area contributed by atoms with Crippen molar-refractivity contribution in [2.24, 2.45) is 0 Å². The fourth-order valence-corrected chi connectivity index (χ4v) is 4.67. The van der Waals surface area contributed by atoms with Crippen molar-refractivity contribution in [3.63, 3.8) is 0 Å². The van der Waals surface area contributed by atoms with Gasteiger partial charge in [0.1, 0.15) is 5.75 Å². The van der Waals surface area contributed by atoms with Crippen LogP contribution in [0.1, 0.15) is 28.4 Å². The number of para-hydroxylation sites is 1. The largest absolute Gasteiger partial charge is 0.497 e. The van der Waals surface area contributed by atoms with Crippen molar-refractivity contribution >= 4 is 22.5 Å². The molecule has 4 aromatic rings. The summed E-state index contributed by atoms with van der Waals surface area (Å²) in [4.78, 5) is 6.23. The summed E-state index contributed by atoms with van der Waals surface area (Å²) in [6, 6.07) is 25.3. The molecule has 3 nitrogen and oxygen atoms in total. The van der Waals surface area contributed by atoms with Gasteiger partial charge in [0.2, 0.25) is 0 Å². The minimum absolute atomic E-state index is 0.147. The molecule has 0 spiro atoms. The van der Waals surface area contributed by atoms with Gasteiger partial charge in [0.25, 0.3) is 0 Å². The Kier molecular flexibility index (Phi) is 4.78. The van der Waals surface area contributed by atoms with Gasteiger partial charge in [-0.25, -0.2) is 0 Å². The number of halogens is 1. The molecule has 0 saturated carbocycles. The van der Waals surface area contributed by atoms with E-state index in [0.29, 0.717) is 0 Å². The molecule has 3 aromatic carbocycles. The minimum Gasteiger partial charge on any atom is -0.497 e. The molecule has 2 heterocycles. The van der Waals surface area contributed by atoms with Crippen LogP contribution < -0.4 is 4.74 Å². The molecule has 0 unspecified atom stereocenters. The molecule has 0 saturated heterocycles. The third-order valence-corrected chi connectivity index (χ3v) is 6.27. The number of H-pyrrole nitrogens is 1. The van der Waals surface area contributed by atoms with Gasteiger partial charge < -0.3 is 9.72 Å². The first-order chi connectivity index (χ1) is 14.2. The van der Waals surface area contributed by atoms with E-state index in [1.54, 1.807) is 7.11 Å². The molecule has 1 aliphatic rings. The van der Waals surface area contributed by atoms with E-state index in [1.165, 1.54) is 27.7 Å². The van der Waals surface area contributed by atoms with Crippen LogP contribution in [-0.4, -0.2) is 23.5 Å². The normalized spacial score (nSPS) is 16.7. The number of benzene rings is 3. The van der Waals surface area contributed by atoms with Crippen LogP contribution in [0, 0.1) is 0 Å². The zero-order valence-electron chi connectivity index (χ0n) is 16.4. The first-order valence-electron chi connectivity index (χ1n) is 9.95. The molecule has 5 rings (SSSR count). The lowest BCUT2D eigenvalue weighted by atomic mass is 9.92. The lowest BCUT2D eigenvalue weighted by Crippen LogP contribution is -2.35. The summed E-state index contributed by atoms with van der Waals surface area (Å²) in [5, 5.41) is 2.15. The van der Waals surface area contributed by atoms with Gasteiger partial charge in [-0.3, -0.25) is 4.90 Å². The van der Waals surface area contributed by atoms with E-state index in [-0.39, 0.29) is 6.04 Å². The monoisotopic (exact) mass is 402 g/mol. The second-order valence-corrected chi connectivity index (χ2v) is 7.96. The predicted octanol–water partition coefficient (Wildman–Crippen LogP) is 5.98. The smallest absolute Gasteiger partial charge is 0.118 e. The Morgan fingerprint density at radius 1 is 1.00 bits per heavy atom. The van der Waals surface area contributed by atoms with Gasteiger partial charge in [-0.1, -0.05) is 60.1 Å². The Morgan fingerprint density at radius 3 is 2.55 bits per heavy atom. The van der Waals surface area contributed by atoms with Gasteiger partial charge in [0.15, 0.2) is 0 Å². The summed E-state index contributed by atoms with van der Waals surface area (Å²) in [6.07, 6.45) is 1.02. The van der Waals surface area contributed by atoms with Gasteiger partial charge in [0, 0.05) is 34.7 Å². The number of nitrogens with zero attached hydrogens (tertiary/aromatic N) is 1. The third kappa shape index (κ3) is 3.31. The maximum atomic E-state index is 6.49. The Balaban J connectivity index is 1.61. The molecule has 1 aromatic heterocycles. The number of aromatic amines is 1. The van der Waals surface area contributed by atoms with Crippen LogP contribution in [0.5, 0.6) is 5.75 Å². The van der Waals surface area contributed by atoms with Gasteiger partial charge in [-0.05, 0) is 47.4 Å². The Morgan fingerprint density at radius 2 is 1.76 bits per heavy atom. The zero-order valence-corrected chi connectivity index (χ0v) is 17.1. The summed E-state index contributed by atoms with van der Waals surface area (Å²) in [5.74, 6) is 0.874. The highest BCUT2D eigenvalue weighted by atomic mass is 35.5. The average Bonchev–Trinajstić information content (AvgIpc) is 3.14. The van der Waals surface area contributed by atoms with E-state index in [9.17, 15) is 0 Å². The number of fused-ring (bicyclic) bond motifs is 3. The summed E-state index contributed by atoms with van der Waals surface area (Å²) >= 11 is 6.49. The standard InChI is InChI=1S/C25H23ClN2O/c1-29-19-12-10-17(11-13-19)25-24-21(20-7-3-5-9-23(20)27-24)14-15-28(25)16-18-6-2-4-8-22(18)26/h2-13,25,27H,14-16H2,1H3/t25-/m1/s1. The Labute approximate surface area is 175 Å². The third-order valence-electron chi connectivity index (χ3n) is 5.90. The van der Waals surface area contributed by atoms with Crippen molar-refractivity contribution in [2.75, 3.05) is 13.7 Å². The van der Waals surface area contributed by atoms with E-state index < -0.39 is 0 Å². The van der Waals surface area contributed by atoms with Crippen molar-refractivity contribution in [1.29, 1.82) is 0 Å². The number of methoxy groups -OCH3 is 1. The highest BCUT2D eigenvalue weighted by Gasteiger charge is 2.31. The lowest BCUT2D eigenvalue weighted by molar-refractivity contribution is 0.202. The molecule has 0 amide bonds. The van der Waals surface area contributed by atoms with Crippen LogP contribution in [0.2, 0.25) is 5.02 Å². The molecular weight excluding hydrogens is 380 g/mol. The van der Waals surface area contributed by atoms with E-state index in [4.69, 9.17) is 16.3 Å². The molecule has 0 aliphatic carbocycles. The van der Waals surface area contributed by atoms with Crippen molar-refractivity contribution in [3.8, 4) is 5.75 Å². The maximum absolute atomic E-state index is 6.49. The Bertz CT molecular complexity index is 1150. The fraction of sp³-hybridized carbons (Fsp3) is 0.200. The van der Waals surface area contributed by atoms with Crippen molar-refractivity contribution in [2.45, 2.75) is 19.0 Å². The van der Waals surface area contributed by atoms with Crippen LogP contribution >= 0.6 is 11.6 Å². The van der Waals surface area contributed by atoms with Crippen LogP contribution in [-0.2, 0) is 13.0 Å². The second-order valence-electron chi connectivity index (χ2n) is 7.55. The molecule has 0 bridgehead atoms. The van der Waals surface area contributed by atoms with E-state index >= 15 is 0 Å². The molecular formula is C25H23ClN2O. The van der Waals surface area contributed by atoms with Gasteiger partial charge in [-0.2, -0.15) is 0 Å². The van der Waals surface area contributed by atoms with Crippen molar-refractivity contribution in [3.05, 3.63) is 100 Å². The van der Waals surface area contributed by atoms with Crippen molar-refractivity contribution < 1.29 is 4.74 Å². The van der Waals surface area contributed by atoms with Gasteiger partial charge in [0.05, 0.1) is 13.2 Å². The Hall–Kier alpha value is -2.75. The predicted molar refractivity (Wildman–Crippen MR) is 119 cm³/mol. The summed E-state index contributed by atoms with van der Waals surface area (Å²) in [6.45, 7) is 1.79. The molecule has 1 N–H and O–H groups in total. The quantitative estimate of drug-likeness (QED) is 0.455. The van der Waals surface area contributed by atoms with Crippen LogP contribution in [0.15, 0.2) is 72.8 Å². The van der Waals surface area contributed by atoms with E-state index in [0.717, 1.165) is 35.8 Å². The van der Waals surface area contributed by atoms with Gasteiger partial charge >= 0.3 is 0 Å². The van der Waals surface area contributed by atoms with Crippen LogP contribution in [0.3, 0.4) is 0 Å². The molecule has 1 atom stereocenters. The average molecular weight is 403 g/mol. The van der Waals surface area contributed by atoms with Crippen LogP contribution in [0.25, 0.3) is 10.9 Å². The van der Waals surface area contributed by atoms with E-state index in [2.05, 4.69) is 58.4 Å². The number of hydrogen-bond acceptors (Lipinski definition) is 2. The fourth-order valence-electron chi connectivity index (χ4n) is 4.47. The molecule has 146 valence electrons. The first kappa shape index (κ1) is 18.3. The maximum Gasteiger partial charge on any atom is 0.118 e. The molecule has 29 heavy (non-hydrogen) atoms. The number of hydrogen-bond donors (Lipinski definition) is 1. The highest BCUT2D eigenvalue weighted by molar-refractivity contribution is 6.31. The summed E-state index contributed by atoms with van der Waals surface area (Å²) < 4.78 is 5.37. The number of ether oxygens (including phenoxy) is 1. The topological polar surface area (TPSA) is 28.3 Å². The SMILES string of the molecule is COc1ccc([C@@H]2c3[nH]c4ccccc4c3CCN2Cc2ccccc2Cl)cc1. The van der Waals surface area contributed by atoms with E-state index in [1.807, 2.05) is 24.3 Å². The molecule has 4 heteroatoms. The summed E-state index contributed by atoms with van der Waals surface area (Å²) in [7, 11) is 1.70. The molecule has 0 fully saturated rings. The second kappa shape index (κ2) is 7.58. The van der Waals surface area contributed by atoms with Crippen molar-refractivity contribution in [1.82, 2.24) is 9.88 Å². The molecule has 0 radical (unpaired) electrons. The zero-order chi connectivity index (χ0) is 19.8. The molecule has 1 aliphatic heterocycles. The lowest BCUT2D eigenvalue weighted by Gasteiger charge is -2.36. The highest BCUT2D eigenvalue weighted by Crippen LogP contribution is 2.39. The number of rotatable bonds is 4. The summed E-state index contributed by atoms with van der Waals surface area (Å²) in [5.41, 5.74) is 6.33. The number of nitrogens with one attached hydrogen (secondary N) is 1. The minimum atomic E-state index is 0.147.